The van der Waals surface area contributed by atoms with Crippen LogP contribution in [-0.2, 0) is 12.7 Å². The zero-order valence-corrected chi connectivity index (χ0v) is 20.4. The number of carbonyl (C=O) groups is 1. The van der Waals surface area contributed by atoms with Gasteiger partial charge in [-0.15, -0.1) is 0 Å². The van der Waals surface area contributed by atoms with Crippen LogP contribution in [-0.4, -0.2) is 40.2 Å². The van der Waals surface area contributed by atoms with Gasteiger partial charge in [-0.2, -0.15) is 13.2 Å². The highest BCUT2D eigenvalue weighted by Gasteiger charge is 2.42. The quantitative estimate of drug-likeness (QED) is 0.421. The number of rotatable bonds is 6. The van der Waals surface area contributed by atoms with Crippen LogP contribution in [0.5, 0.6) is 0 Å². The lowest BCUT2D eigenvalue weighted by molar-refractivity contribution is -0.143. The molecule has 1 amide bonds. The van der Waals surface area contributed by atoms with E-state index in [1.165, 1.54) is 11.8 Å². The van der Waals surface area contributed by atoms with E-state index in [1.54, 1.807) is 61.6 Å². The van der Waals surface area contributed by atoms with Crippen molar-refractivity contribution in [3.05, 3.63) is 82.1 Å². The van der Waals surface area contributed by atoms with Gasteiger partial charge >= 0.3 is 6.18 Å². The van der Waals surface area contributed by atoms with Crippen LogP contribution in [0.25, 0.3) is 11.1 Å². The van der Waals surface area contributed by atoms with Crippen LogP contribution in [0.2, 0.25) is 5.02 Å². The number of carbonyl (C=O) groups excluding carboxylic acids is 1. The zero-order valence-electron chi connectivity index (χ0n) is 19.6. The molecule has 0 saturated heterocycles. The number of benzene rings is 2. The van der Waals surface area contributed by atoms with Crippen LogP contribution in [0.15, 0.2) is 54.6 Å². The molecule has 4 rings (SSSR count). The smallest absolute Gasteiger partial charge is 0.393 e. The van der Waals surface area contributed by atoms with E-state index in [1.807, 2.05) is 0 Å². The SMILES string of the molecule is Cc1c(-c2ccc(Cl)cc2)c(C(=O)N(C)CC2CCC[C@@H]2O)n(Cc2ccccc2)c1C(F)(F)F. The van der Waals surface area contributed by atoms with Gasteiger partial charge in [-0.05, 0) is 48.6 Å². The van der Waals surface area contributed by atoms with Crippen molar-refractivity contribution in [3.63, 3.8) is 0 Å². The van der Waals surface area contributed by atoms with Gasteiger partial charge in [0.2, 0.25) is 0 Å². The summed E-state index contributed by atoms with van der Waals surface area (Å²) in [6, 6.07) is 15.3. The number of aliphatic hydroxyl groups is 1. The molecular formula is C27H28ClF3N2O2. The molecule has 1 aliphatic rings. The molecule has 1 fully saturated rings. The Hall–Kier alpha value is -2.77. The molecule has 0 aliphatic heterocycles. The summed E-state index contributed by atoms with van der Waals surface area (Å²) in [5, 5.41) is 10.7. The van der Waals surface area contributed by atoms with E-state index in [-0.39, 0.29) is 35.8 Å². The Morgan fingerprint density at radius 1 is 1.11 bits per heavy atom. The normalized spacial score (nSPS) is 18.1. The Labute approximate surface area is 207 Å². The monoisotopic (exact) mass is 504 g/mol. The highest BCUT2D eigenvalue weighted by molar-refractivity contribution is 6.30. The highest BCUT2D eigenvalue weighted by Crippen LogP contribution is 2.42. The second kappa shape index (κ2) is 10.1. The predicted molar refractivity (Wildman–Crippen MR) is 130 cm³/mol. The Morgan fingerprint density at radius 2 is 1.77 bits per heavy atom. The first-order valence-electron chi connectivity index (χ1n) is 11.6. The third kappa shape index (κ3) is 5.26. The summed E-state index contributed by atoms with van der Waals surface area (Å²) in [5.74, 6) is -0.604. The predicted octanol–water partition coefficient (Wildman–Crippen LogP) is 6.42. The number of alkyl halides is 3. The van der Waals surface area contributed by atoms with Crippen molar-refractivity contribution in [2.24, 2.45) is 5.92 Å². The van der Waals surface area contributed by atoms with Gasteiger partial charge in [0.1, 0.15) is 11.4 Å². The first-order valence-corrected chi connectivity index (χ1v) is 12.0. The molecule has 1 heterocycles. The van der Waals surface area contributed by atoms with Crippen molar-refractivity contribution in [1.82, 2.24) is 9.47 Å². The summed E-state index contributed by atoms with van der Waals surface area (Å²) in [7, 11) is 1.58. The molecule has 35 heavy (non-hydrogen) atoms. The molecule has 0 spiro atoms. The number of hydrogen-bond donors (Lipinski definition) is 1. The van der Waals surface area contributed by atoms with Gasteiger partial charge in [0.25, 0.3) is 5.91 Å². The summed E-state index contributed by atoms with van der Waals surface area (Å²) < 4.78 is 44.4. The molecule has 2 aromatic carbocycles. The Balaban J connectivity index is 1.89. The van der Waals surface area contributed by atoms with E-state index in [0.717, 1.165) is 17.4 Å². The maximum Gasteiger partial charge on any atom is 0.431 e. The van der Waals surface area contributed by atoms with Crippen molar-refractivity contribution < 1.29 is 23.1 Å². The first-order chi connectivity index (χ1) is 16.6. The molecule has 2 atom stereocenters. The summed E-state index contributed by atoms with van der Waals surface area (Å²) >= 11 is 6.03. The van der Waals surface area contributed by atoms with Crippen molar-refractivity contribution in [2.75, 3.05) is 13.6 Å². The Morgan fingerprint density at radius 3 is 2.34 bits per heavy atom. The zero-order chi connectivity index (χ0) is 25.3. The second-order valence-electron chi connectivity index (χ2n) is 9.22. The van der Waals surface area contributed by atoms with E-state index in [2.05, 4.69) is 0 Å². The minimum Gasteiger partial charge on any atom is -0.393 e. The minimum absolute atomic E-state index is 0.00611. The van der Waals surface area contributed by atoms with Gasteiger partial charge in [-0.3, -0.25) is 4.79 Å². The molecule has 1 unspecified atom stereocenters. The largest absolute Gasteiger partial charge is 0.431 e. The lowest BCUT2D eigenvalue weighted by Gasteiger charge is -2.25. The minimum atomic E-state index is -4.67. The van der Waals surface area contributed by atoms with Crippen LogP contribution in [0.1, 0.15) is 46.6 Å². The molecule has 186 valence electrons. The van der Waals surface area contributed by atoms with Crippen LogP contribution in [0.3, 0.4) is 0 Å². The third-order valence-electron chi connectivity index (χ3n) is 6.77. The van der Waals surface area contributed by atoms with E-state index in [4.69, 9.17) is 11.6 Å². The number of aromatic nitrogens is 1. The van der Waals surface area contributed by atoms with Crippen molar-refractivity contribution >= 4 is 17.5 Å². The van der Waals surface area contributed by atoms with Crippen LogP contribution in [0.4, 0.5) is 13.2 Å². The molecule has 4 nitrogen and oxygen atoms in total. The highest BCUT2D eigenvalue weighted by atomic mass is 35.5. The van der Waals surface area contributed by atoms with Crippen LogP contribution >= 0.6 is 11.6 Å². The van der Waals surface area contributed by atoms with Gasteiger partial charge in [-0.25, -0.2) is 0 Å². The maximum absolute atomic E-state index is 14.4. The van der Waals surface area contributed by atoms with Crippen LogP contribution in [0, 0.1) is 12.8 Å². The molecule has 8 heteroatoms. The molecule has 1 N–H and O–H groups in total. The van der Waals surface area contributed by atoms with Gasteiger partial charge < -0.3 is 14.6 Å². The van der Waals surface area contributed by atoms with E-state index < -0.39 is 23.9 Å². The number of halogens is 4. The van der Waals surface area contributed by atoms with Gasteiger partial charge in [0, 0.05) is 36.6 Å². The molecular weight excluding hydrogens is 477 g/mol. The molecule has 1 aromatic heterocycles. The molecule has 0 radical (unpaired) electrons. The van der Waals surface area contributed by atoms with Crippen molar-refractivity contribution in [3.8, 4) is 11.1 Å². The lowest BCUT2D eigenvalue weighted by Crippen LogP contribution is -2.36. The van der Waals surface area contributed by atoms with Gasteiger partial charge in [0.05, 0.1) is 6.10 Å². The van der Waals surface area contributed by atoms with Crippen molar-refractivity contribution in [2.45, 2.75) is 45.0 Å². The number of amides is 1. The van der Waals surface area contributed by atoms with Gasteiger partial charge in [0.15, 0.2) is 0 Å². The van der Waals surface area contributed by atoms with Crippen LogP contribution < -0.4 is 0 Å². The topological polar surface area (TPSA) is 45.5 Å². The number of hydrogen-bond acceptors (Lipinski definition) is 2. The lowest BCUT2D eigenvalue weighted by atomic mass is 9.99. The van der Waals surface area contributed by atoms with E-state index in [0.29, 0.717) is 22.6 Å². The van der Waals surface area contributed by atoms with E-state index in [9.17, 15) is 23.1 Å². The summed E-state index contributed by atoms with van der Waals surface area (Å²) in [5.41, 5.74) is 0.516. The van der Waals surface area contributed by atoms with Crippen molar-refractivity contribution in [1.29, 1.82) is 0 Å². The summed E-state index contributed by atoms with van der Waals surface area (Å²) in [6.45, 7) is 1.58. The first kappa shape index (κ1) is 25.3. The molecule has 3 aromatic rings. The average molecular weight is 505 g/mol. The van der Waals surface area contributed by atoms with E-state index >= 15 is 0 Å². The maximum atomic E-state index is 14.4. The second-order valence-corrected chi connectivity index (χ2v) is 9.65. The fraction of sp³-hybridized carbons (Fsp3) is 0.370. The molecule has 1 aliphatic carbocycles. The molecule has 0 bridgehead atoms. The van der Waals surface area contributed by atoms with Gasteiger partial charge in [-0.1, -0.05) is 60.5 Å². The fourth-order valence-corrected chi connectivity index (χ4v) is 5.20. The average Bonchev–Trinajstić information content (AvgIpc) is 3.34. The third-order valence-corrected chi connectivity index (χ3v) is 7.02. The molecule has 1 saturated carbocycles. The number of nitrogens with zero attached hydrogens (tertiary/aromatic N) is 2. The standard InChI is InChI=1S/C27H28ClF3N2O2/c1-17-23(19-11-13-21(28)14-12-19)24(26(35)32(2)16-20-9-6-10-22(20)34)33(25(17)27(29,30)31)15-18-7-4-3-5-8-18/h3-5,7-8,11-14,20,22,34H,6,9-10,15-16H2,1-2H3/t20?,22-/m0/s1. The Bertz CT molecular complexity index is 1190. The summed E-state index contributed by atoms with van der Waals surface area (Å²) in [6.07, 6.45) is -2.86. The number of aliphatic hydroxyl groups excluding tert-OH is 1. The Kier molecular flexibility index (Phi) is 7.29. The summed E-state index contributed by atoms with van der Waals surface area (Å²) in [4.78, 5) is 15.3. The fourth-order valence-electron chi connectivity index (χ4n) is 5.07.